The van der Waals surface area contributed by atoms with Crippen molar-refractivity contribution >= 4 is 6.03 Å². The monoisotopic (exact) mass is 368 g/mol. The van der Waals surface area contributed by atoms with Crippen molar-refractivity contribution in [3.63, 3.8) is 0 Å². The number of likely N-dealkylation sites (N-methyl/N-ethyl adjacent to an activating group) is 1. The summed E-state index contributed by atoms with van der Waals surface area (Å²) in [6.07, 6.45) is 1.97. The van der Waals surface area contributed by atoms with Crippen LogP contribution in [-0.4, -0.2) is 37.7 Å². The molecular weight excluding hydrogens is 340 g/mol. The molecule has 0 saturated heterocycles. The first-order valence-corrected chi connectivity index (χ1v) is 9.48. The van der Waals surface area contributed by atoms with Crippen LogP contribution >= 0.6 is 0 Å². The van der Waals surface area contributed by atoms with Gasteiger partial charge >= 0.3 is 6.03 Å². The molecule has 0 heterocycles. The van der Waals surface area contributed by atoms with E-state index in [1.807, 2.05) is 31.2 Å². The molecule has 1 aliphatic carbocycles. The summed E-state index contributed by atoms with van der Waals surface area (Å²) < 4.78 is 11.2. The van der Waals surface area contributed by atoms with Gasteiger partial charge in [0.2, 0.25) is 0 Å². The molecule has 144 valence electrons. The smallest absolute Gasteiger partial charge is 0.317 e. The number of amides is 2. The number of carbonyl (C=O) groups is 1. The minimum Gasteiger partial charge on any atom is -0.494 e. The quantitative estimate of drug-likeness (QED) is 0.763. The Labute approximate surface area is 161 Å². The molecule has 0 bridgehead atoms. The molecule has 5 heteroatoms. The highest BCUT2D eigenvalue weighted by Crippen LogP contribution is 2.45. The molecule has 3 rings (SSSR count). The van der Waals surface area contributed by atoms with Gasteiger partial charge in [0.25, 0.3) is 0 Å². The van der Waals surface area contributed by atoms with Crippen LogP contribution < -0.4 is 14.8 Å². The molecule has 2 aromatic rings. The van der Waals surface area contributed by atoms with Crippen molar-refractivity contribution in [3.05, 3.63) is 59.7 Å². The second-order valence-electron chi connectivity index (χ2n) is 7.06. The van der Waals surface area contributed by atoms with Gasteiger partial charge in [0.05, 0.1) is 18.7 Å². The SMILES string of the molecule is CCOc1cccc(OCCN(C)C(=O)NC2(c3ccc(C)cc3)CC2)c1. The highest BCUT2D eigenvalue weighted by atomic mass is 16.5. The van der Waals surface area contributed by atoms with Gasteiger partial charge in [-0.05, 0) is 44.4 Å². The summed E-state index contributed by atoms with van der Waals surface area (Å²) in [7, 11) is 1.79. The molecule has 0 unspecified atom stereocenters. The number of aryl methyl sites for hydroxylation is 1. The molecule has 1 N–H and O–H groups in total. The Bertz CT molecular complexity index is 769. The predicted molar refractivity (Wildman–Crippen MR) is 106 cm³/mol. The summed E-state index contributed by atoms with van der Waals surface area (Å²) in [6.45, 7) is 5.57. The molecule has 2 aromatic carbocycles. The molecular formula is C22H28N2O3. The number of benzene rings is 2. The normalized spacial score (nSPS) is 14.3. The minimum atomic E-state index is -0.203. The van der Waals surface area contributed by atoms with Crippen LogP contribution in [0.3, 0.4) is 0 Å². The fraction of sp³-hybridized carbons (Fsp3) is 0.409. The molecule has 0 aliphatic heterocycles. The average Bonchev–Trinajstić information content (AvgIpc) is 3.43. The summed E-state index contributed by atoms with van der Waals surface area (Å²) in [6, 6.07) is 15.9. The molecule has 1 fully saturated rings. The van der Waals surface area contributed by atoms with Gasteiger partial charge in [-0.25, -0.2) is 4.79 Å². The molecule has 1 aliphatic rings. The van der Waals surface area contributed by atoms with E-state index in [0.29, 0.717) is 19.8 Å². The topological polar surface area (TPSA) is 50.8 Å². The number of rotatable bonds is 8. The van der Waals surface area contributed by atoms with Gasteiger partial charge in [0, 0.05) is 13.1 Å². The third-order valence-corrected chi connectivity index (χ3v) is 4.86. The van der Waals surface area contributed by atoms with Gasteiger partial charge in [-0.3, -0.25) is 0 Å². The zero-order chi connectivity index (χ0) is 19.3. The van der Waals surface area contributed by atoms with Crippen molar-refractivity contribution < 1.29 is 14.3 Å². The van der Waals surface area contributed by atoms with Gasteiger partial charge < -0.3 is 19.7 Å². The largest absolute Gasteiger partial charge is 0.494 e. The molecule has 0 spiro atoms. The molecule has 0 aromatic heterocycles. The van der Waals surface area contributed by atoms with Crippen molar-refractivity contribution in [2.45, 2.75) is 32.2 Å². The molecule has 2 amide bonds. The van der Waals surface area contributed by atoms with Gasteiger partial charge in [-0.2, -0.15) is 0 Å². The van der Waals surface area contributed by atoms with E-state index in [1.165, 1.54) is 11.1 Å². The Hall–Kier alpha value is -2.69. The Morgan fingerprint density at radius 2 is 1.78 bits per heavy atom. The van der Waals surface area contributed by atoms with Crippen LogP contribution in [0.4, 0.5) is 4.79 Å². The van der Waals surface area contributed by atoms with E-state index in [4.69, 9.17) is 9.47 Å². The summed E-state index contributed by atoms with van der Waals surface area (Å²) in [5.74, 6) is 1.53. The Morgan fingerprint density at radius 3 is 2.41 bits per heavy atom. The number of urea groups is 1. The van der Waals surface area contributed by atoms with Gasteiger partial charge in [0.1, 0.15) is 18.1 Å². The highest BCUT2D eigenvalue weighted by molar-refractivity contribution is 5.75. The van der Waals surface area contributed by atoms with Crippen molar-refractivity contribution in [1.29, 1.82) is 0 Å². The highest BCUT2D eigenvalue weighted by Gasteiger charge is 2.46. The van der Waals surface area contributed by atoms with Crippen molar-refractivity contribution in [2.24, 2.45) is 0 Å². The van der Waals surface area contributed by atoms with Gasteiger partial charge in [-0.1, -0.05) is 35.9 Å². The number of hydrogen-bond donors (Lipinski definition) is 1. The number of nitrogens with one attached hydrogen (secondary N) is 1. The van der Waals surface area contributed by atoms with Gasteiger partial charge in [0.15, 0.2) is 0 Å². The average molecular weight is 368 g/mol. The predicted octanol–water partition coefficient (Wildman–Crippen LogP) is 4.10. The second-order valence-corrected chi connectivity index (χ2v) is 7.06. The summed E-state index contributed by atoms with van der Waals surface area (Å²) in [4.78, 5) is 14.2. The maximum Gasteiger partial charge on any atom is 0.317 e. The zero-order valence-electron chi connectivity index (χ0n) is 16.3. The molecule has 5 nitrogen and oxygen atoms in total. The molecule has 0 radical (unpaired) electrons. The first kappa shape index (κ1) is 19.1. The van der Waals surface area contributed by atoms with Crippen molar-refractivity contribution in [3.8, 4) is 11.5 Å². The van der Waals surface area contributed by atoms with Crippen LogP contribution in [0, 0.1) is 6.92 Å². The minimum absolute atomic E-state index is 0.0697. The standard InChI is InChI=1S/C22H28N2O3/c1-4-26-19-6-5-7-20(16-19)27-15-14-24(3)21(25)23-22(12-13-22)18-10-8-17(2)9-11-18/h5-11,16H,4,12-15H2,1-3H3,(H,23,25). The Balaban J connectivity index is 1.48. The van der Waals surface area contributed by atoms with E-state index in [1.54, 1.807) is 11.9 Å². The maximum atomic E-state index is 12.6. The van der Waals surface area contributed by atoms with Gasteiger partial charge in [-0.15, -0.1) is 0 Å². The lowest BCUT2D eigenvalue weighted by Crippen LogP contribution is -2.44. The molecule has 0 atom stereocenters. The Morgan fingerprint density at radius 1 is 1.11 bits per heavy atom. The fourth-order valence-corrected chi connectivity index (χ4v) is 3.01. The Kier molecular flexibility index (Phi) is 5.89. The van der Waals surface area contributed by atoms with E-state index in [9.17, 15) is 4.79 Å². The van der Waals surface area contributed by atoms with E-state index in [2.05, 4.69) is 36.5 Å². The number of hydrogen-bond acceptors (Lipinski definition) is 3. The number of ether oxygens (including phenoxy) is 2. The van der Waals surface area contributed by atoms with Crippen LogP contribution in [-0.2, 0) is 5.54 Å². The van der Waals surface area contributed by atoms with E-state index >= 15 is 0 Å². The maximum absolute atomic E-state index is 12.6. The van der Waals surface area contributed by atoms with E-state index < -0.39 is 0 Å². The first-order valence-electron chi connectivity index (χ1n) is 9.48. The van der Waals surface area contributed by atoms with Crippen molar-refractivity contribution in [1.82, 2.24) is 10.2 Å². The van der Waals surface area contributed by atoms with E-state index in [-0.39, 0.29) is 11.6 Å². The lowest BCUT2D eigenvalue weighted by Gasteiger charge is -2.24. The summed E-state index contributed by atoms with van der Waals surface area (Å²) in [5, 5.41) is 3.19. The van der Waals surface area contributed by atoms with Crippen LogP contribution in [0.15, 0.2) is 48.5 Å². The fourth-order valence-electron chi connectivity index (χ4n) is 3.01. The van der Waals surface area contributed by atoms with Crippen molar-refractivity contribution in [2.75, 3.05) is 26.8 Å². The lowest BCUT2D eigenvalue weighted by molar-refractivity contribution is 0.190. The third-order valence-electron chi connectivity index (χ3n) is 4.86. The van der Waals surface area contributed by atoms with E-state index in [0.717, 1.165) is 24.3 Å². The first-order chi connectivity index (χ1) is 13.0. The van der Waals surface area contributed by atoms with Crippen LogP contribution in [0.2, 0.25) is 0 Å². The third kappa shape index (κ3) is 4.94. The molecule has 1 saturated carbocycles. The van der Waals surface area contributed by atoms with Crippen LogP contribution in [0.5, 0.6) is 11.5 Å². The summed E-state index contributed by atoms with van der Waals surface area (Å²) in [5.41, 5.74) is 2.20. The second kappa shape index (κ2) is 8.33. The van der Waals surface area contributed by atoms with Crippen LogP contribution in [0.25, 0.3) is 0 Å². The van der Waals surface area contributed by atoms with Crippen LogP contribution in [0.1, 0.15) is 30.9 Å². The molecule has 27 heavy (non-hydrogen) atoms. The number of nitrogens with zero attached hydrogens (tertiary/aromatic N) is 1. The lowest BCUT2D eigenvalue weighted by atomic mass is 10.0. The number of carbonyl (C=O) groups excluding carboxylic acids is 1. The zero-order valence-corrected chi connectivity index (χ0v) is 16.3. The summed E-state index contributed by atoms with van der Waals surface area (Å²) >= 11 is 0.